The van der Waals surface area contributed by atoms with Crippen LogP contribution in [0.15, 0.2) is 54.9 Å². The predicted molar refractivity (Wildman–Crippen MR) is 99.3 cm³/mol. The summed E-state index contributed by atoms with van der Waals surface area (Å²) in [4.78, 5) is 24.6. The minimum absolute atomic E-state index is 0.0258. The van der Waals surface area contributed by atoms with Gasteiger partial charge in [-0.15, -0.1) is 5.10 Å². The third kappa shape index (κ3) is 3.84. The molecule has 3 aromatic rings. The molecule has 2 heterocycles. The number of tetrazole rings is 1. The molecule has 2 N–H and O–H groups in total. The van der Waals surface area contributed by atoms with E-state index < -0.39 is 0 Å². The van der Waals surface area contributed by atoms with E-state index in [1.807, 2.05) is 36.4 Å². The smallest absolute Gasteiger partial charge is 0.227 e. The molecule has 1 atom stereocenters. The van der Waals surface area contributed by atoms with E-state index in [0.717, 1.165) is 16.9 Å². The Kier molecular flexibility index (Phi) is 4.61. The Balaban J connectivity index is 1.35. The highest BCUT2D eigenvalue weighted by Gasteiger charge is 2.26. The average Bonchev–Trinajstić information content (AvgIpc) is 3.21. The van der Waals surface area contributed by atoms with Gasteiger partial charge in [0.1, 0.15) is 6.33 Å². The number of carbonyl (C=O) groups excluding carboxylic acids is 2. The Bertz CT molecular complexity index is 970. The van der Waals surface area contributed by atoms with E-state index >= 15 is 0 Å². The first-order valence-electron chi connectivity index (χ1n) is 8.71. The molecule has 1 aliphatic heterocycles. The van der Waals surface area contributed by atoms with Crippen molar-refractivity contribution >= 4 is 23.2 Å². The van der Waals surface area contributed by atoms with E-state index in [4.69, 9.17) is 0 Å². The fourth-order valence-corrected chi connectivity index (χ4v) is 3.18. The number of benzene rings is 2. The van der Waals surface area contributed by atoms with Crippen molar-refractivity contribution in [3.8, 4) is 5.69 Å². The molecule has 0 unspecified atom stereocenters. The van der Waals surface area contributed by atoms with E-state index in [9.17, 15) is 9.59 Å². The van der Waals surface area contributed by atoms with Crippen LogP contribution < -0.4 is 10.6 Å². The van der Waals surface area contributed by atoms with Gasteiger partial charge in [-0.2, -0.15) is 0 Å². The number of hydrogen-bond donors (Lipinski definition) is 2. The Hall–Kier alpha value is -3.55. The van der Waals surface area contributed by atoms with Gasteiger partial charge in [0.05, 0.1) is 5.69 Å². The van der Waals surface area contributed by atoms with Gasteiger partial charge < -0.3 is 10.6 Å². The first-order chi connectivity index (χ1) is 13.2. The summed E-state index contributed by atoms with van der Waals surface area (Å²) < 4.78 is 1.51. The maximum absolute atomic E-state index is 12.3. The molecule has 0 aliphatic carbocycles. The lowest BCUT2D eigenvalue weighted by atomic mass is 9.89. The number of anilines is 2. The summed E-state index contributed by atoms with van der Waals surface area (Å²) in [5, 5.41) is 16.8. The van der Waals surface area contributed by atoms with E-state index in [-0.39, 0.29) is 24.2 Å². The third-order valence-corrected chi connectivity index (χ3v) is 4.58. The maximum Gasteiger partial charge on any atom is 0.227 e. The van der Waals surface area contributed by atoms with Crippen LogP contribution in [0.2, 0.25) is 0 Å². The van der Waals surface area contributed by atoms with Crippen LogP contribution in [0.4, 0.5) is 11.4 Å². The van der Waals surface area contributed by atoms with Crippen LogP contribution in [0, 0.1) is 5.92 Å². The standard InChI is InChI=1S/C19H18N6O2/c26-18(21-15-5-3-6-16(11-15)25-12-20-23-24-25)9-8-14-10-13-4-1-2-7-17(13)22-19(14)27/h1-7,11-12,14H,8-10H2,(H,21,26)(H,22,27)/t14-/m1/s1. The number of carbonyl (C=O) groups is 2. The predicted octanol–water partition coefficient (Wildman–Crippen LogP) is 2.19. The number of para-hydroxylation sites is 1. The molecule has 1 aliphatic rings. The summed E-state index contributed by atoms with van der Waals surface area (Å²) in [6.07, 6.45) is 2.92. The number of rotatable bonds is 5. The van der Waals surface area contributed by atoms with Gasteiger partial charge in [-0.3, -0.25) is 9.59 Å². The summed E-state index contributed by atoms with van der Waals surface area (Å²) in [5.41, 5.74) is 3.38. The summed E-state index contributed by atoms with van der Waals surface area (Å²) in [6, 6.07) is 15.0. The number of nitrogens with zero attached hydrogens (tertiary/aromatic N) is 4. The topological polar surface area (TPSA) is 102 Å². The molecule has 8 heteroatoms. The summed E-state index contributed by atoms with van der Waals surface area (Å²) in [6.45, 7) is 0. The SMILES string of the molecule is O=C(CC[C@@H]1Cc2ccccc2NC1=O)Nc1cccc(-n2cnnn2)c1. The number of nitrogens with one attached hydrogen (secondary N) is 2. The van der Waals surface area contributed by atoms with Crippen LogP contribution in [-0.2, 0) is 16.0 Å². The van der Waals surface area contributed by atoms with E-state index in [1.54, 1.807) is 12.1 Å². The summed E-state index contributed by atoms with van der Waals surface area (Å²) in [5.74, 6) is -0.351. The van der Waals surface area contributed by atoms with Crippen LogP contribution >= 0.6 is 0 Å². The average molecular weight is 362 g/mol. The van der Waals surface area contributed by atoms with Gasteiger partial charge in [-0.05, 0) is 53.1 Å². The molecule has 1 aromatic heterocycles. The highest BCUT2D eigenvalue weighted by Crippen LogP contribution is 2.27. The number of amides is 2. The van der Waals surface area contributed by atoms with Crippen LogP contribution in [0.3, 0.4) is 0 Å². The lowest BCUT2D eigenvalue weighted by molar-refractivity contribution is -0.121. The van der Waals surface area contributed by atoms with Gasteiger partial charge in [-0.25, -0.2) is 4.68 Å². The second-order valence-electron chi connectivity index (χ2n) is 6.44. The lowest BCUT2D eigenvalue weighted by Crippen LogP contribution is -2.30. The molecule has 0 spiro atoms. The summed E-state index contributed by atoms with van der Waals surface area (Å²) in [7, 11) is 0. The Morgan fingerprint density at radius 3 is 2.96 bits per heavy atom. The fourth-order valence-electron chi connectivity index (χ4n) is 3.18. The van der Waals surface area contributed by atoms with Gasteiger partial charge in [0, 0.05) is 23.7 Å². The maximum atomic E-state index is 12.3. The first-order valence-corrected chi connectivity index (χ1v) is 8.71. The molecule has 0 fully saturated rings. The minimum Gasteiger partial charge on any atom is -0.326 e. The highest BCUT2D eigenvalue weighted by atomic mass is 16.2. The zero-order valence-electron chi connectivity index (χ0n) is 14.5. The third-order valence-electron chi connectivity index (χ3n) is 4.58. The molecule has 0 saturated carbocycles. The van der Waals surface area contributed by atoms with E-state index in [0.29, 0.717) is 18.5 Å². The molecule has 8 nitrogen and oxygen atoms in total. The second-order valence-corrected chi connectivity index (χ2v) is 6.44. The Morgan fingerprint density at radius 2 is 2.11 bits per heavy atom. The van der Waals surface area contributed by atoms with Crippen molar-refractivity contribution < 1.29 is 9.59 Å². The molecule has 2 aromatic carbocycles. The Morgan fingerprint density at radius 1 is 1.22 bits per heavy atom. The van der Waals surface area contributed by atoms with Crippen molar-refractivity contribution in [3.05, 3.63) is 60.4 Å². The normalized spacial score (nSPS) is 15.7. The van der Waals surface area contributed by atoms with Crippen molar-refractivity contribution in [1.82, 2.24) is 20.2 Å². The van der Waals surface area contributed by atoms with Crippen molar-refractivity contribution in [2.24, 2.45) is 5.92 Å². The van der Waals surface area contributed by atoms with Crippen molar-refractivity contribution in [1.29, 1.82) is 0 Å². The van der Waals surface area contributed by atoms with Crippen LogP contribution in [0.1, 0.15) is 18.4 Å². The molecule has 0 saturated heterocycles. The van der Waals surface area contributed by atoms with Gasteiger partial charge in [0.25, 0.3) is 0 Å². The van der Waals surface area contributed by atoms with Crippen LogP contribution in [0.25, 0.3) is 5.69 Å². The molecular weight excluding hydrogens is 344 g/mol. The van der Waals surface area contributed by atoms with Crippen LogP contribution in [0.5, 0.6) is 0 Å². The van der Waals surface area contributed by atoms with Gasteiger partial charge in [0.2, 0.25) is 11.8 Å². The number of hydrogen-bond acceptors (Lipinski definition) is 5. The van der Waals surface area contributed by atoms with Crippen LogP contribution in [-0.4, -0.2) is 32.0 Å². The largest absolute Gasteiger partial charge is 0.326 e. The quantitative estimate of drug-likeness (QED) is 0.724. The fraction of sp³-hybridized carbons (Fsp3) is 0.211. The monoisotopic (exact) mass is 362 g/mol. The molecule has 4 rings (SSSR count). The summed E-state index contributed by atoms with van der Waals surface area (Å²) >= 11 is 0. The van der Waals surface area contributed by atoms with Gasteiger partial charge >= 0.3 is 0 Å². The van der Waals surface area contributed by atoms with Crippen molar-refractivity contribution in [2.45, 2.75) is 19.3 Å². The lowest BCUT2D eigenvalue weighted by Gasteiger charge is -2.24. The molecule has 27 heavy (non-hydrogen) atoms. The van der Waals surface area contributed by atoms with E-state index in [1.165, 1.54) is 11.0 Å². The zero-order valence-corrected chi connectivity index (χ0v) is 14.5. The molecular formula is C19H18N6O2. The van der Waals surface area contributed by atoms with Gasteiger partial charge in [-0.1, -0.05) is 24.3 Å². The molecule has 2 amide bonds. The molecule has 0 radical (unpaired) electrons. The Labute approximate surface area is 155 Å². The van der Waals surface area contributed by atoms with Gasteiger partial charge in [0.15, 0.2) is 0 Å². The zero-order chi connectivity index (χ0) is 18.6. The highest BCUT2D eigenvalue weighted by molar-refractivity contribution is 5.96. The van der Waals surface area contributed by atoms with E-state index in [2.05, 4.69) is 26.2 Å². The number of aromatic nitrogens is 4. The molecule has 136 valence electrons. The molecule has 0 bridgehead atoms. The minimum atomic E-state index is -0.196. The van der Waals surface area contributed by atoms with Crippen molar-refractivity contribution in [2.75, 3.05) is 10.6 Å². The second kappa shape index (κ2) is 7.36. The number of fused-ring (bicyclic) bond motifs is 1. The van der Waals surface area contributed by atoms with Crippen molar-refractivity contribution in [3.63, 3.8) is 0 Å². The first kappa shape index (κ1) is 16.9.